The van der Waals surface area contributed by atoms with Gasteiger partial charge in [0.05, 0.1) is 6.10 Å². The minimum absolute atomic E-state index is 0.139. The second-order valence-electron chi connectivity index (χ2n) is 3.32. The van der Waals surface area contributed by atoms with Crippen molar-refractivity contribution in [1.82, 2.24) is 0 Å². The van der Waals surface area contributed by atoms with Crippen LogP contribution in [0.5, 0.6) is 0 Å². The molecule has 0 aromatic carbocycles. The molecule has 2 nitrogen and oxygen atoms in total. The van der Waals surface area contributed by atoms with E-state index >= 15 is 0 Å². The molecule has 0 fully saturated rings. The number of aryl methyl sites for hydroxylation is 1. The fourth-order valence-corrected chi connectivity index (χ4v) is 2.74. The SMILES string of the molecule is Cc1sc(C(O)CCOCC(F)F)cc1Br. The lowest BCUT2D eigenvalue weighted by Crippen LogP contribution is -2.08. The van der Waals surface area contributed by atoms with Crippen LogP contribution >= 0.6 is 27.3 Å². The smallest absolute Gasteiger partial charge is 0.261 e. The highest BCUT2D eigenvalue weighted by Gasteiger charge is 2.12. The average molecular weight is 315 g/mol. The van der Waals surface area contributed by atoms with Gasteiger partial charge in [0.15, 0.2) is 0 Å². The third kappa shape index (κ3) is 4.45. The largest absolute Gasteiger partial charge is 0.387 e. The highest BCUT2D eigenvalue weighted by molar-refractivity contribution is 9.10. The molecule has 0 aliphatic rings. The van der Waals surface area contributed by atoms with Gasteiger partial charge in [-0.2, -0.15) is 0 Å². The van der Waals surface area contributed by atoms with E-state index in [9.17, 15) is 13.9 Å². The van der Waals surface area contributed by atoms with Gasteiger partial charge in [-0.1, -0.05) is 0 Å². The fraction of sp³-hybridized carbons (Fsp3) is 0.600. The Balaban J connectivity index is 2.32. The van der Waals surface area contributed by atoms with Crippen molar-refractivity contribution < 1.29 is 18.6 Å². The Kier molecular flexibility index (Phi) is 5.82. The second kappa shape index (κ2) is 6.64. The first-order chi connectivity index (χ1) is 7.50. The van der Waals surface area contributed by atoms with Crippen LogP contribution in [0.1, 0.15) is 22.3 Å². The summed E-state index contributed by atoms with van der Waals surface area (Å²) in [5, 5.41) is 9.75. The van der Waals surface area contributed by atoms with Gasteiger partial charge in [0.1, 0.15) is 6.61 Å². The summed E-state index contributed by atoms with van der Waals surface area (Å²) in [5.74, 6) is 0. The van der Waals surface area contributed by atoms with E-state index in [0.717, 1.165) is 14.2 Å². The number of hydrogen-bond acceptors (Lipinski definition) is 3. The first kappa shape index (κ1) is 14.0. The van der Waals surface area contributed by atoms with E-state index in [4.69, 9.17) is 4.74 Å². The van der Waals surface area contributed by atoms with Crippen LogP contribution in [0.25, 0.3) is 0 Å². The molecule has 0 spiro atoms. The molecule has 1 aromatic heterocycles. The van der Waals surface area contributed by atoms with Gasteiger partial charge >= 0.3 is 0 Å². The molecule has 6 heteroatoms. The molecule has 92 valence electrons. The number of hydrogen-bond donors (Lipinski definition) is 1. The molecule has 1 unspecified atom stereocenters. The Morgan fingerprint density at radius 1 is 1.56 bits per heavy atom. The average Bonchev–Trinajstić information content (AvgIpc) is 2.54. The first-order valence-electron chi connectivity index (χ1n) is 4.80. The standard InChI is InChI=1S/C10H13BrF2O2S/c1-6-7(11)4-9(16-6)8(14)2-3-15-5-10(12)13/h4,8,10,14H,2-3,5H2,1H3. The molecule has 0 saturated heterocycles. The summed E-state index contributed by atoms with van der Waals surface area (Å²) in [6.45, 7) is 1.51. The molecule has 0 radical (unpaired) electrons. The topological polar surface area (TPSA) is 29.5 Å². The molecule has 0 aliphatic heterocycles. The van der Waals surface area contributed by atoms with Gasteiger partial charge in [-0.25, -0.2) is 8.78 Å². The van der Waals surface area contributed by atoms with E-state index in [0.29, 0.717) is 6.42 Å². The van der Waals surface area contributed by atoms with Gasteiger partial charge in [-0.3, -0.25) is 0 Å². The van der Waals surface area contributed by atoms with Crippen LogP contribution in [0.3, 0.4) is 0 Å². The summed E-state index contributed by atoms with van der Waals surface area (Å²) in [7, 11) is 0. The predicted octanol–water partition coefficient (Wildman–Crippen LogP) is 3.52. The molecular formula is C10H13BrF2O2S. The number of aliphatic hydroxyl groups is 1. The summed E-state index contributed by atoms with van der Waals surface area (Å²) in [4.78, 5) is 1.91. The van der Waals surface area contributed by atoms with Crippen molar-refractivity contribution in [1.29, 1.82) is 0 Å². The van der Waals surface area contributed by atoms with E-state index in [1.54, 1.807) is 0 Å². The van der Waals surface area contributed by atoms with E-state index in [1.165, 1.54) is 11.3 Å². The third-order valence-electron chi connectivity index (χ3n) is 1.98. The molecular weight excluding hydrogens is 302 g/mol. The van der Waals surface area contributed by atoms with Crippen molar-refractivity contribution in [2.24, 2.45) is 0 Å². The Morgan fingerprint density at radius 2 is 2.25 bits per heavy atom. The zero-order chi connectivity index (χ0) is 12.1. The molecule has 1 atom stereocenters. The zero-order valence-corrected chi connectivity index (χ0v) is 11.2. The molecule has 16 heavy (non-hydrogen) atoms. The van der Waals surface area contributed by atoms with Crippen LogP contribution in [0, 0.1) is 6.92 Å². The third-order valence-corrected chi connectivity index (χ3v) is 4.22. The Hall–Kier alpha value is -0.0400. The van der Waals surface area contributed by atoms with Crippen molar-refractivity contribution in [3.63, 3.8) is 0 Å². The van der Waals surface area contributed by atoms with Crippen LogP contribution in [0.15, 0.2) is 10.5 Å². The maximum atomic E-state index is 11.7. The van der Waals surface area contributed by atoms with Crippen LogP contribution in [-0.4, -0.2) is 24.7 Å². The van der Waals surface area contributed by atoms with Crippen molar-refractivity contribution in [3.8, 4) is 0 Å². The minimum Gasteiger partial charge on any atom is -0.387 e. The molecule has 1 aromatic rings. The fourth-order valence-electron chi connectivity index (χ4n) is 1.16. The van der Waals surface area contributed by atoms with E-state index in [1.807, 2.05) is 13.0 Å². The van der Waals surface area contributed by atoms with Gasteiger partial charge in [0.2, 0.25) is 0 Å². The van der Waals surface area contributed by atoms with Gasteiger partial charge in [0.25, 0.3) is 6.43 Å². The van der Waals surface area contributed by atoms with Gasteiger partial charge in [0, 0.05) is 27.3 Å². The lowest BCUT2D eigenvalue weighted by atomic mass is 10.2. The number of thiophene rings is 1. The summed E-state index contributed by atoms with van der Waals surface area (Å²) >= 11 is 4.84. The quantitative estimate of drug-likeness (QED) is 0.814. The molecule has 0 amide bonds. The highest BCUT2D eigenvalue weighted by Crippen LogP contribution is 2.31. The van der Waals surface area contributed by atoms with Crippen LogP contribution < -0.4 is 0 Å². The molecule has 0 bridgehead atoms. The molecule has 1 N–H and O–H groups in total. The van der Waals surface area contributed by atoms with Crippen molar-refractivity contribution in [2.75, 3.05) is 13.2 Å². The van der Waals surface area contributed by atoms with Crippen LogP contribution in [-0.2, 0) is 4.74 Å². The lowest BCUT2D eigenvalue weighted by Gasteiger charge is -2.08. The summed E-state index contributed by atoms with van der Waals surface area (Å²) in [5.41, 5.74) is 0. The molecule has 0 saturated carbocycles. The first-order valence-corrected chi connectivity index (χ1v) is 6.41. The summed E-state index contributed by atoms with van der Waals surface area (Å²) in [6, 6.07) is 1.85. The van der Waals surface area contributed by atoms with Gasteiger partial charge in [-0.15, -0.1) is 11.3 Å². The maximum Gasteiger partial charge on any atom is 0.261 e. The number of ether oxygens (including phenoxy) is 1. The molecule has 1 heterocycles. The highest BCUT2D eigenvalue weighted by atomic mass is 79.9. The van der Waals surface area contributed by atoms with E-state index in [2.05, 4.69) is 15.9 Å². The Bertz CT molecular complexity index is 311. The molecule has 0 aliphatic carbocycles. The normalized spacial score (nSPS) is 13.4. The summed E-state index contributed by atoms with van der Waals surface area (Å²) in [6.07, 6.45) is -2.76. The van der Waals surface area contributed by atoms with E-state index < -0.39 is 19.1 Å². The van der Waals surface area contributed by atoms with Crippen molar-refractivity contribution in [2.45, 2.75) is 25.9 Å². The Labute approximate surface area is 105 Å². The lowest BCUT2D eigenvalue weighted by molar-refractivity contribution is 0.00515. The van der Waals surface area contributed by atoms with E-state index in [-0.39, 0.29) is 6.61 Å². The van der Waals surface area contributed by atoms with Crippen LogP contribution in [0.4, 0.5) is 8.78 Å². The Morgan fingerprint density at radius 3 is 2.75 bits per heavy atom. The zero-order valence-electron chi connectivity index (χ0n) is 8.75. The number of aliphatic hydroxyl groups excluding tert-OH is 1. The second-order valence-corrected chi connectivity index (χ2v) is 5.47. The number of rotatable bonds is 6. The van der Waals surface area contributed by atoms with Gasteiger partial charge < -0.3 is 9.84 Å². The van der Waals surface area contributed by atoms with Gasteiger partial charge in [-0.05, 0) is 28.9 Å². The maximum absolute atomic E-state index is 11.7. The molecule has 1 rings (SSSR count). The monoisotopic (exact) mass is 314 g/mol. The van der Waals surface area contributed by atoms with Crippen molar-refractivity contribution in [3.05, 3.63) is 20.3 Å². The summed E-state index contributed by atoms with van der Waals surface area (Å²) < 4.78 is 29.2. The van der Waals surface area contributed by atoms with Crippen molar-refractivity contribution >= 4 is 27.3 Å². The number of alkyl halides is 2. The minimum atomic E-state index is -2.45. The number of halogens is 3. The van der Waals surface area contributed by atoms with Crippen LogP contribution in [0.2, 0.25) is 0 Å². The predicted molar refractivity (Wildman–Crippen MR) is 63.2 cm³/mol.